The molecule has 1 heterocycles. The van der Waals surface area contributed by atoms with E-state index in [2.05, 4.69) is 41.4 Å². The van der Waals surface area contributed by atoms with Crippen molar-refractivity contribution in [3.05, 3.63) is 23.0 Å². The number of rotatable bonds is 6. The molecular formula is C18H32N4O2. The van der Waals surface area contributed by atoms with Gasteiger partial charge in [0.05, 0.1) is 25.5 Å². The van der Waals surface area contributed by atoms with Crippen LogP contribution in [0, 0.1) is 19.3 Å². The summed E-state index contributed by atoms with van der Waals surface area (Å²) in [5.41, 5.74) is 3.09. The molecule has 1 aromatic rings. The summed E-state index contributed by atoms with van der Waals surface area (Å²) in [7, 11) is 5.17. The number of guanidine groups is 1. The van der Waals surface area contributed by atoms with E-state index >= 15 is 0 Å². The van der Waals surface area contributed by atoms with E-state index in [1.807, 2.05) is 20.0 Å². The van der Waals surface area contributed by atoms with Gasteiger partial charge in [0.25, 0.3) is 0 Å². The minimum atomic E-state index is 0.0586. The van der Waals surface area contributed by atoms with Gasteiger partial charge < -0.3 is 20.1 Å². The van der Waals surface area contributed by atoms with Gasteiger partial charge in [0.2, 0.25) is 0 Å². The topological polar surface area (TPSA) is 67.8 Å². The summed E-state index contributed by atoms with van der Waals surface area (Å²) in [6, 6.07) is 0. The number of ether oxygens (including phenoxy) is 2. The Hall–Kier alpha value is -1.82. The zero-order chi connectivity index (χ0) is 18.3. The van der Waals surface area contributed by atoms with E-state index in [1.165, 1.54) is 0 Å². The number of nitrogens with zero attached hydrogens (tertiary/aromatic N) is 2. The van der Waals surface area contributed by atoms with Gasteiger partial charge in [-0.25, -0.2) is 0 Å². The highest BCUT2D eigenvalue weighted by Crippen LogP contribution is 2.24. The Balaban J connectivity index is 2.68. The van der Waals surface area contributed by atoms with Gasteiger partial charge in [-0.1, -0.05) is 20.8 Å². The molecule has 0 aromatic carbocycles. The first kappa shape index (κ1) is 20.2. The van der Waals surface area contributed by atoms with E-state index < -0.39 is 0 Å². The average molecular weight is 336 g/mol. The summed E-state index contributed by atoms with van der Waals surface area (Å²) in [6.45, 7) is 11.7. The van der Waals surface area contributed by atoms with Gasteiger partial charge >= 0.3 is 0 Å². The molecular weight excluding hydrogens is 304 g/mol. The molecule has 0 radical (unpaired) electrons. The Morgan fingerprint density at radius 3 is 2.42 bits per heavy atom. The normalized spacial score (nSPS) is 13.6. The van der Waals surface area contributed by atoms with Crippen molar-refractivity contribution in [3.63, 3.8) is 0 Å². The van der Waals surface area contributed by atoms with Crippen LogP contribution in [-0.4, -0.2) is 44.9 Å². The van der Waals surface area contributed by atoms with Crippen molar-refractivity contribution in [3.8, 4) is 5.75 Å². The number of aliphatic imine (C=N–C) groups is 1. The van der Waals surface area contributed by atoms with Crippen molar-refractivity contribution in [2.24, 2.45) is 10.4 Å². The molecule has 1 aromatic heterocycles. The van der Waals surface area contributed by atoms with Crippen molar-refractivity contribution >= 4 is 5.96 Å². The fourth-order valence-electron chi connectivity index (χ4n) is 2.57. The molecule has 2 N–H and O–H groups in total. The summed E-state index contributed by atoms with van der Waals surface area (Å²) >= 11 is 0. The van der Waals surface area contributed by atoms with Crippen molar-refractivity contribution in [2.45, 2.75) is 47.3 Å². The van der Waals surface area contributed by atoms with Gasteiger partial charge in [0, 0.05) is 38.0 Å². The lowest BCUT2D eigenvalue weighted by atomic mass is 9.89. The van der Waals surface area contributed by atoms with Gasteiger partial charge in [-0.2, -0.15) is 0 Å². The highest BCUT2D eigenvalue weighted by Gasteiger charge is 2.24. The van der Waals surface area contributed by atoms with Crippen LogP contribution >= 0.6 is 0 Å². The Labute approximate surface area is 146 Å². The number of nitrogens with one attached hydrogen (secondary N) is 2. The van der Waals surface area contributed by atoms with Crippen LogP contribution in [0.4, 0.5) is 0 Å². The van der Waals surface area contributed by atoms with Crippen molar-refractivity contribution in [1.82, 2.24) is 15.6 Å². The molecule has 136 valence electrons. The molecule has 24 heavy (non-hydrogen) atoms. The van der Waals surface area contributed by atoms with E-state index in [0.717, 1.165) is 28.5 Å². The monoisotopic (exact) mass is 336 g/mol. The van der Waals surface area contributed by atoms with E-state index in [0.29, 0.717) is 13.1 Å². The number of pyridine rings is 1. The van der Waals surface area contributed by atoms with Gasteiger partial charge in [-0.3, -0.25) is 9.98 Å². The molecule has 0 spiro atoms. The highest BCUT2D eigenvalue weighted by atomic mass is 16.5. The van der Waals surface area contributed by atoms with E-state index in [-0.39, 0.29) is 11.5 Å². The number of aryl methyl sites for hydroxylation is 1. The lowest BCUT2D eigenvalue weighted by Crippen LogP contribution is -2.45. The summed E-state index contributed by atoms with van der Waals surface area (Å²) in [4.78, 5) is 8.75. The molecule has 0 aliphatic carbocycles. The van der Waals surface area contributed by atoms with Gasteiger partial charge in [0.1, 0.15) is 5.75 Å². The first-order valence-electron chi connectivity index (χ1n) is 8.21. The molecule has 0 bridgehead atoms. The zero-order valence-corrected chi connectivity index (χ0v) is 16.3. The molecule has 1 unspecified atom stereocenters. The molecule has 0 saturated heterocycles. The molecule has 0 aliphatic rings. The fraction of sp³-hybridized carbons (Fsp3) is 0.667. The predicted octanol–water partition coefficient (Wildman–Crippen LogP) is 2.43. The third-order valence-corrected chi connectivity index (χ3v) is 4.10. The SMILES string of the molecule is CN=C(NCc1ncc(C)c(OC)c1C)NCC(OC)C(C)(C)C. The van der Waals surface area contributed by atoms with Crippen molar-refractivity contribution < 1.29 is 9.47 Å². The lowest BCUT2D eigenvalue weighted by Gasteiger charge is -2.30. The van der Waals surface area contributed by atoms with Crippen LogP contribution in [0.5, 0.6) is 5.75 Å². The van der Waals surface area contributed by atoms with E-state index in [1.54, 1.807) is 21.3 Å². The Bertz CT molecular complexity index is 565. The number of aromatic nitrogens is 1. The largest absolute Gasteiger partial charge is 0.496 e. The minimum Gasteiger partial charge on any atom is -0.496 e. The molecule has 0 amide bonds. The number of methoxy groups -OCH3 is 2. The lowest BCUT2D eigenvalue weighted by molar-refractivity contribution is 0.0205. The molecule has 6 nitrogen and oxygen atoms in total. The van der Waals surface area contributed by atoms with E-state index in [9.17, 15) is 0 Å². The first-order chi connectivity index (χ1) is 11.2. The van der Waals surface area contributed by atoms with Gasteiger partial charge in [-0.05, 0) is 19.3 Å². The molecule has 1 atom stereocenters. The second kappa shape index (κ2) is 8.87. The van der Waals surface area contributed by atoms with Crippen LogP contribution in [0.3, 0.4) is 0 Å². The maximum Gasteiger partial charge on any atom is 0.191 e. The second-order valence-corrected chi connectivity index (χ2v) is 6.94. The third kappa shape index (κ3) is 5.37. The first-order valence-corrected chi connectivity index (χ1v) is 8.21. The van der Waals surface area contributed by atoms with Crippen molar-refractivity contribution in [1.29, 1.82) is 0 Å². The standard InChI is InChI=1S/C18H32N4O2/c1-12-9-20-14(13(2)16(12)24-8)10-21-17(19-6)22-11-15(23-7)18(3,4)5/h9,15H,10-11H2,1-8H3,(H2,19,21,22). The smallest absolute Gasteiger partial charge is 0.191 e. The molecule has 0 saturated carbocycles. The summed E-state index contributed by atoms with van der Waals surface area (Å²) in [6.07, 6.45) is 1.93. The average Bonchev–Trinajstić information content (AvgIpc) is 2.51. The zero-order valence-electron chi connectivity index (χ0n) is 16.3. The number of hydrogen-bond acceptors (Lipinski definition) is 4. The molecule has 0 fully saturated rings. The van der Waals surface area contributed by atoms with Gasteiger partial charge in [-0.15, -0.1) is 0 Å². The van der Waals surface area contributed by atoms with Crippen LogP contribution in [0.15, 0.2) is 11.2 Å². The predicted molar refractivity (Wildman–Crippen MR) is 98.7 cm³/mol. The quantitative estimate of drug-likeness (QED) is 0.617. The van der Waals surface area contributed by atoms with Crippen LogP contribution in [0.2, 0.25) is 0 Å². The Kier molecular flexibility index (Phi) is 7.48. The van der Waals surface area contributed by atoms with Crippen molar-refractivity contribution in [2.75, 3.05) is 27.8 Å². The van der Waals surface area contributed by atoms with Crippen LogP contribution in [0.1, 0.15) is 37.6 Å². The van der Waals surface area contributed by atoms with E-state index in [4.69, 9.17) is 9.47 Å². The molecule has 0 aliphatic heterocycles. The highest BCUT2D eigenvalue weighted by molar-refractivity contribution is 5.79. The second-order valence-electron chi connectivity index (χ2n) is 6.94. The van der Waals surface area contributed by atoms with Gasteiger partial charge in [0.15, 0.2) is 5.96 Å². The Morgan fingerprint density at radius 2 is 1.92 bits per heavy atom. The van der Waals surface area contributed by atoms with Crippen LogP contribution < -0.4 is 15.4 Å². The van der Waals surface area contributed by atoms with Crippen LogP contribution in [-0.2, 0) is 11.3 Å². The molecule has 1 rings (SSSR count). The Morgan fingerprint density at radius 1 is 1.25 bits per heavy atom. The summed E-state index contributed by atoms with van der Waals surface area (Å²) in [5, 5.41) is 6.61. The number of hydrogen-bond donors (Lipinski definition) is 2. The summed E-state index contributed by atoms with van der Waals surface area (Å²) < 4.78 is 11.0. The molecule has 6 heteroatoms. The maximum atomic E-state index is 5.56. The summed E-state index contributed by atoms with van der Waals surface area (Å²) in [5.74, 6) is 1.61. The fourth-order valence-corrected chi connectivity index (χ4v) is 2.57. The third-order valence-electron chi connectivity index (χ3n) is 4.10. The minimum absolute atomic E-state index is 0.0586. The maximum absolute atomic E-state index is 5.56. The van der Waals surface area contributed by atoms with Crippen LogP contribution in [0.25, 0.3) is 0 Å².